The summed E-state index contributed by atoms with van der Waals surface area (Å²) in [6.07, 6.45) is 3.57. The Hall–Kier alpha value is -2.28. The van der Waals surface area contributed by atoms with Gasteiger partial charge in [0.2, 0.25) is 0 Å². The Morgan fingerprint density at radius 1 is 1.33 bits per heavy atom. The molecule has 0 aromatic carbocycles. The molecule has 0 aliphatic carbocycles. The minimum absolute atomic E-state index is 0.0397. The molecule has 4 rings (SSSR count). The van der Waals surface area contributed by atoms with Crippen LogP contribution in [0.25, 0.3) is 5.65 Å². The number of hydrogen-bond donors (Lipinski definition) is 1. The fourth-order valence-corrected chi connectivity index (χ4v) is 3.80. The molecule has 0 saturated carbocycles. The molecule has 2 aromatic rings. The number of piperidine rings is 1. The standard InChI is InChI=1S/C16H18ClN5O2/c17-14-13(22-8-2-1-5-12(22)19-14)15(23)20-7-3-4-11(10-20)21-9-6-18-16(21)24/h1-2,5,8,11H,3-4,6-7,9-10H2,(H,18,24)/t11-/m1/s1. The van der Waals surface area contributed by atoms with Gasteiger partial charge in [-0.05, 0) is 25.0 Å². The third-order valence-corrected chi connectivity index (χ3v) is 4.97. The van der Waals surface area contributed by atoms with Gasteiger partial charge in [-0.25, -0.2) is 9.78 Å². The summed E-state index contributed by atoms with van der Waals surface area (Å²) in [4.78, 5) is 32.7. The summed E-state index contributed by atoms with van der Waals surface area (Å²) in [5.41, 5.74) is 1.04. The molecule has 1 atom stereocenters. The number of carbonyl (C=O) groups is 2. The molecule has 2 aliphatic heterocycles. The van der Waals surface area contributed by atoms with Crippen molar-refractivity contribution in [1.82, 2.24) is 24.5 Å². The van der Waals surface area contributed by atoms with E-state index in [0.29, 0.717) is 37.5 Å². The molecule has 7 nitrogen and oxygen atoms in total. The maximum Gasteiger partial charge on any atom is 0.317 e. The van der Waals surface area contributed by atoms with E-state index in [1.165, 1.54) is 0 Å². The number of halogens is 1. The number of imidazole rings is 1. The molecule has 3 amide bonds. The van der Waals surface area contributed by atoms with Crippen molar-refractivity contribution in [3.8, 4) is 0 Å². The minimum atomic E-state index is -0.136. The van der Waals surface area contributed by atoms with E-state index >= 15 is 0 Å². The Labute approximate surface area is 144 Å². The zero-order valence-electron chi connectivity index (χ0n) is 13.1. The second kappa shape index (κ2) is 5.98. The third kappa shape index (κ3) is 2.49. The molecule has 8 heteroatoms. The van der Waals surface area contributed by atoms with Gasteiger partial charge < -0.3 is 15.1 Å². The summed E-state index contributed by atoms with van der Waals surface area (Å²) in [5, 5.41) is 3.04. The Bertz CT molecular complexity index is 805. The van der Waals surface area contributed by atoms with Crippen LogP contribution in [-0.2, 0) is 0 Å². The van der Waals surface area contributed by atoms with Crippen molar-refractivity contribution in [2.24, 2.45) is 0 Å². The lowest BCUT2D eigenvalue weighted by Crippen LogP contribution is -2.50. The summed E-state index contributed by atoms with van der Waals surface area (Å²) in [6.45, 7) is 2.56. The zero-order chi connectivity index (χ0) is 16.7. The summed E-state index contributed by atoms with van der Waals surface area (Å²) in [5.74, 6) is -0.136. The lowest BCUT2D eigenvalue weighted by atomic mass is 10.0. The van der Waals surface area contributed by atoms with Crippen molar-refractivity contribution in [1.29, 1.82) is 0 Å². The highest BCUT2D eigenvalue weighted by molar-refractivity contribution is 6.32. The Morgan fingerprint density at radius 2 is 2.21 bits per heavy atom. The van der Waals surface area contributed by atoms with E-state index in [0.717, 1.165) is 12.8 Å². The summed E-state index contributed by atoms with van der Waals surface area (Å²) >= 11 is 6.21. The summed E-state index contributed by atoms with van der Waals surface area (Å²) in [6, 6.07) is 5.53. The van der Waals surface area contributed by atoms with Gasteiger partial charge >= 0.3 is 6.03 Å². The molecule has 0 radical (unpaired) electrons. The van der Waals surface area contributed by atoms with Gasteiger partial charge in [0.1, 0.15) is 5.65 Å². The predicted molar refractivity (Wildman–Crippen MR) is 89.2 cm³/mol. The number of fused-ring (bicyclic) bond motifs is 1. The number of nitrogens with one attached hydrogen (secondary N) is 1. The van der Waals surface area contributed by atoms with Crippen LogP contribution in [0.5, 0.6) is 0 Å². The van der Waals surface area contributed by atoms with Gasteiger partial charge in [0.15, 0.2) is 10.8 Å². The van der Waals surface area contributed by atoms with Gasteiger partial charge in [-0.3, -0.25) is 9.20 Å². The average molecular weight is 348 g/mol. The lowest BCUT2D eigenvalue weighted by molar-refractivity contribution is 0.0628. The Morgan fingerprint density at radius 3 is 3.00 bits per heavy atom. The maximum atomic E-state index is 13.0. The smallest absolute Gasteiger partial charge is 0.317 e. The van der Waals surface area contributed by atoms with E-state index in [-0.39, 0.29) is 23.1 Å². The monoisotopic (exact) mass is 347 g/mol. The third-order valence-electron chi connectivity index (χ3n) is 4.70. The van der Waals surface area contributed by atoms with Crippen LogP contribution < -0.4 is 5.32 Å². The van der Waals surface area contributed by atoms with Crippen LogP contribution in [0, 0.1) is 0 Å². The second-order valence-corrected chi connectivity index (χ2v) is 6.51. The van der Waals surface area contributed by atoms with E-state index in [4.69, 9.17) is 11.6 Å². The van der Waals surface area contributed by atoms with Crippen LogP contribution in [0.2, 0.25) is 5.15 Å². The molecule has 2 aliphatic rings. The van der Waals surface area contributed by atoms with E-state index in [9.17, 15) is 9.59 Å². The van der Waals surface area contributed by atoms with E-state index in [2.05, 4.69) is 10.3 Å². The number of urea groups is 1. The van der Waals surface area contributed by atoms with Crippen molar-refractivity contribution < 1.29 is 9.59 Å². The number of likely N-dealkylation sites (tertiary alicyclic amines) is 1. The average Bonchev–Trinajstić information content (AvgIpc) is 3.16. The summed E-state index contributed by atoms with van der Waals surface area (Å²) in [7, 11) is 0. The predicted octanol–water partition coefficient (Wildman–Crippen LogP) is 1.62. The van der Waals surface area contributed by atoms with E-state index < -0.39 is 0 Å². The molecule has 0 unspecified atom stereocenters. The van der Waals surface area contributed by atoms with Gasteiger partial charge in [0.25, 0.3) is 5.91 Å². The summed E-state index contributed by atoms with van der Waals surface area (Å²) < 4.78 is 1.72. The molecule has 24 heavy (non-hydrogen) atoms. The van der Waals surface area contributed by atoms with Crippen LogP contribution in [0.1, 0.15) is 23.3 Å². The second-order valence-electron chi connectivity index (χ2n) is 6.15. The van der Waals surface area contributed by atoms with Gasteiger partial charge in [-0.15, -0.1) is 0 Å². The van der Waals surface area contributed by atoms with Crippen LogP contribution in [-0.4, -0.2) is 63.3 Å². The molecule has 2 saturated heterocycles. The van der Waals surface area contributed by atoms with Crippen LogP contribution in [0.15, 0.2) is 24.4 Å². The largest absolute Gasteiger partial charge is 0.336 e. The van der Waals surface area contributed by atoms with Gasteiger partial charge in [-0.2, -0.15) is 0 Å². The number of aromatic nitrogens is 2. The molecule has 4 heterocycles. The number of nitrogens with zero attached hydrogens (tertiary/aromatic N) is 4. The highest BCUT2D eigenvalue weighted by Gasteiger charge is 2.34. The number of amides is 3. The number of rotatable bonds is 2. The van der Waals surface area contributed by atoms with Gasteiger partial charge in [-0.1, -0.05) is 17.7 Å². The number of hydrogen-bond acceptors (Lipinski definition) is 3. The molecule has 2 aromatic heterocycles. The molecule has 0 bridgehead atoms. The first kappa shape index (κ1) is 15.3. The molecule has 0 spiro atoms. The maximum absolute atomic E-state index is 13.0. The van der Waals surface area contributed by atoms with Crippen molar-refractivity contribution in [3.05, 3.63) is 35.2 Å². The van der Waals surface area contributed by atoms with Gasteiger partial charge in [0, 0.05) is 32.4 Å². The zero-order valence-corrected chi connectivity index (χ0v) is 13.9. The van der Waals surface area contributed by atoms with Crippen molar-refractivity contribution >= 4 is 29.2 Å². The van der Waals surface area contributed by atoms with E-state index in [1.807, 2.05) is 23.1 Å². The van der Waals surface area contributed by atoms with Crippen molar-refractivity contribution in [2.75, 3.05) is 26.2 Å². The SMILES string of the molecule is O=C(c1c(Cl)nc2ccccn12)N1CCC[C@@H](N2CCNC2=O)C1. The normalized spacial score (nSPS) is 21.4. The van der Waals surface area contributed by atoms with Crippen molar-refractivity contribution in [2.45, 2.75) is 18.9 Å². The van der Waals surface area contributed by atoms with Gasteiger partial charge in [0.05, 0.1) is 6.04 Å². The fourth-order valence-electron chi connectivity index (χ4n) is 3.54. The molecule has 126 valence electrons. The molecular weight excluding hydrogens is 330 g/mol. The first-order valence-corrected chi connectivity index (χ1v) is 8.49. The van der Waals surface area contributed by atoms with Crippen LogP contribution >= 0.6 is 11.6 Å². The lowest BCUT2D eigenvalue weighted by Gasteiger charge is -2.36. The quantitative estimate of drug-likeness (QED) is 0.897. The van der Waals surface area contributed by atoms with Crippen LogP contribution in [0.4, 0.5) is 4.79 Å². The molecular formula is C16H18ClN5O2. The number of carbonyl (C=O) groups excluding carboxylic acids is 2. The fraction of sp³-hybridized carbons (Fsp3) is 0.438. The first-order chi connectivity index (χ1) is 11.6. The molecule has 1 N–H and O–H groups in total. The van der Waals surface area contributed by atoms with Crippen molar-refractivity contribution in [3.63, 3.8) is 0 Å². The Balaban J connectivity index is 1.59. The Kier molecular flexibility index (Phi) is 3.80. The first-order valence-electron chi connectivity index (χ1n) is 8.11. The topological polar surface area (TPSA) is 70.0 Å². The highest BCUT2D eigenvalue weighted by Crippen LogP contribution is 2.23. The molecule has 2 fully saturated rings. The van der Waals surface area contributed by atoms with E-state index in [1.54, 1.807) is 15.5 Å². The van der Waals surface area contributed by atoms with Crippen LogP contribution in [0.3, 0.4) is 0 Å². The minimum Gasteiger partial charge on any atom is -0.336 e. The number of pyridine rings is 1. The highest BCUT2D eigenvalue weighted by atomic mass is 35.5.